The molecule has 0 radical (unpaired) electrons. The van der Waals surface area contributed by atoms with Gasteiger partial charge in [0.1, 0.15) is 0 Å². The third-order valence-corrected chi connectivity index (χ3v) is 5.84. The molecule has 0 saturated carbocycles. The molecule has 6 heteroatoms. The SMILES string of the molecule is COC(=O)c1cccc(-c2cn[nH]c2[C@H]2CCCN(CCOCc3ccccc3)C2)c1. The molecule has 0 amide bonds. The van der Waals surface area contributed by atoms with Gasteiger partial charge in [0.15, 0.2) is 0 Å². The Balaban J connectivity index is 1.37. The molecule has 6 nitrogen and oxygen atoms in total. The molecule has 0 aliphatic carbocycles. The molecule has 1 atom stereocenters. The van der Waals surface area contributed by atoms with E-state index in [-0.39, 0.29) is 5.97 Å². The number of hydrogen-bond acceptors (Lipinski definition) is 5. The van der Waals surface area contributed by atoms with E-state index in [1.165, 1.54) is 12.7 Å². The molecule has 31 heavy (non-hydrogen) atoms. The lowest BCUT2D eigenvalue weighted by Crippen LogP contribution is -2.36. The lowest BCUT2D eigenvalue weighted by Gasteiger charge is -2.32. The molecule has 3 aromatic rings. The second kappa shape index (κ2) is 10.4. The molecule has 0 unspecified atom stereocenters. The zero-order valence-corrected chi connectivity index (χ0v) is 17.9. The van der Waals surface area contributed by atoms with Crippen molar-refractivity contribution < 1.29 is 14.3 Å². The summed E-state index contributed by atoms with van der Waals surface area (Å²) >= 11 is 0. The molecule has 1 fully saturated rings. The molecule has 162 valence electrons. The van der Waals surface area contributed by atoms with Crippen LogP contribution in [-0.4, -0.2) is 54.4 Å². The Hall–Kier alpha value is -2.96. The molecule has 2 heterocycles. The quantitative estimate of drug-likeness (QED) is 0.437. The fraction of sp³-hybridized carbons (Fsp3) is 0.360. The maximum atomic E-state index is 11.9. The summed E-state index contributed by atoms with van der Waals surface area (Å²) < 4.78 is 10.7. The van der Waals surface area contributed by atoms with Gasteiger partial charge in [0, 0.05) is 30.3 Å². The predicted octanol–water partition coefficient (Wildman–Crippen LogP) is 4.26. The average Bonchev–Trinajstić information content (AvgIpc) is 3.32. The number of hydrogen-bond donors (Lipinski definition) is 1. The van der Waals surface area contributed by atoms with Crippen molar-refractivity contribution in [3.8, 4) is 11.1 Å². The standard InChI is InChI=1S/C25H29N3O3/c1-30-25(29)21-10-5-9-20(15-21)23-16-26-27-24(23)22-11-6-12-28(17-22)13-14-31-18-19-7-3-2-4-8-19/h2-5,7-10,15-16,22H,6,11-14,17-18H2,1H3,(H,26,27)/t22-/m0/s1. The normalized spacial score (nSPS) is 16.9. The minimum absolute atomic E-state index is 0.328. The van der Waals surface area contributed by atoms with Crippen molar-refractivity contribution in [2.45, 2.75) is 25.4 Å². The molecule has 4 rings (SSSR count). The van der Waals surface area contributed by atoms with Crippen molar-refractivity contribution in [1.82, 2.24) is 15.1 Å². The second-order valence-corrected chi connectivity index (χ2v) is 7.95. The maximum absolute atomic E-state index is 11.9. The summed E-state index contributed by atoms with van der Waals surface area (Å²) in [5.41, 5.74) is 4.92. The van der Waals surface area contributed by atoms with Crippen LogP contribution in [0.5, 0.6) is 0 Å². The lowest BCUT2D eigenvalue weighted by atomic mass is 9.90. The van der Waals surface area contributed by atoms with E-state index in [1.54, 1.807) is 6.07 Å². The topological polar surface area (TPSA) is 67.5 Å². The molecule has 1 aliphatic heterocycles. The Kier molecular flexibility index (Phi) is 7.12. The molecular formula is C25H29N3O3. The number of rotatable bonds is 8. The number of nitrogens with one attached hydrogen (secondary N) is 1. The monoisotopic (exact) mass is 419 g/mol. The van der Waals surface area contributed by atoms with Gasteiger partial charge in [0.2, 0.25) is 0 Å². The minimum atomic E-state index is -0.328. The highest BCUT2D eigenvalue weighted by molar-refractivity contribution is 5.91. The zero-order valence-electron chi connectivity index (χ0n) is 17.9. The van der Waals surface area contributed by atoms with Gasteiger partial charge in [-0.1, -0.05) is 42.5 Å². The maximum Gasteiger partial charge on any atom is 0.337 e. The van der Waals surface area contributed by atoms with Gasteiger partial charge in [-0.15, -0.1) is 0 Å². The van der Waals surface area contributed by atoms with Crippen LogP contribution >= 0.6 is 0 Å². The van der Waals surface area contributed by atoms with E-state index in [9.17, 15) is 4.79 Å². The zero-order chi connectivity index (χ0) is 21.5. The highest BCUT2D eigenvalue weighted by Gasteiger charge is 2.25. The number of aromatic amines is 1. The fourth-order valence-electron chi connectivity index (χ4n) is 4.22. The first kappa shape index (κ1) is 21.3. The van der Waals surface area contributed by atoms with Crippen LogP contribution in [0.4, 0.5) is 0 Å². The molecule has 1 aliphatic rings. The Morgan fingerprint density at radius 3 is 2.90 bits per heavy atom. The average molecular weight is 420 g/mol. The first-order chi connectivity index (χ1) is 15.2. The third kappa shape index (κ3) is 5.40. The van der Waals surface area contributed by atoms with Crippen LogP contribution in [0, 0.1) is 0 Å². The molecule has 0 spiro atoms. The number of ether oxygens (including phenoxy) is 2. The number of carbonyl (C=O) groups excluding carboxylic acids is 1. The highest BCUT2D eigenvalue weighted by atomic mass is 16.5. The Bertz CT molecular complexity index is 986. The molecule has 1 N–H and O–H groups in total. The Labute approximate surface area is 183 Å². The summed E-state index contributed by atoms with van der Waals surface area (Å²) in [5, 5.41) is 7.54. The van der Waals surface area contributed by atoms with Gasteiger partial charge in [0.25, 0.3) is 0 Å². The van der Waals surface area contributed by atoms with E-state index >= 15 is 0 Å². The van der Waals surface area contributed by atoms with Crippen LogP contribution in [0.1, 0.15) is 40.4 Å². The van der Waals surface area contributed by atoms with E-state index < -0.39 is 0 Å². The highest BCUT2D eigenvalue weighted by Crippen LogP contribution is 2.33. The number of methoxy groups -OCH3 is 1. The van der Waals surface area contributed by atoms with Gasteiger partial charge in [-0.25, -0.2) is 4.79 Å². The summed E-state index contributed by atoms with van der Waals surface area (Å²) in [7, 11) is 1.40. The predicted molar refractivity (Wildman–Crippen MR) is 120 cm³/mol. The van der Waals surface area contributed by atoms with Crippen molar-refractivity contribution >= 4 is 5.97 Å². The summed E-state index contributed by atoms with van der Waals surface area (Å²) in [6, 6.07) is 17.8. The number of aromatic nitrogens is 2. The van der Waals surface area contributed by atoms with Gasteiger partial charge >= 0.3 is 5.97 Å². The van der Waals surface area contributed by atoms with E-state index in [1.807, 2.05) is 42.6 Å². The van der Waals surface area contributed by atoms with Crippen LogP contribution in [-0.2, 0) is 16.1 Å². The summed E-state index contributed by atoms with van der Waals surface area (Å²) in [5.74, 6) is 0.0494. The van der Waals surface area contributed by atoms with E-state index in [0.717, 1.165) is 55.9 Å². The molecule has 2 aromatic carbocycles. The van der Waals surface area contributed by atoms with Gasteiger partial charge < -0.3 is 14.4 Å². The van der Waals surface area contributed by atoms with Crippen molar-refractivity contribution in [2.75, 3.05) is 33.4 Å². The van der Waals surface area contributed by atoms with Crippen LogP contribution in [0.15, 0.2) is 60.8 Å². The van der Waals surface area contributed by atoms with Gasteiger partial charge in [-0.2, -0.15) is 5.10 Å². The van der Waals surface area contributed by atoms with Crippen LogP contribution in [0.3, 0.4) is 0 Å². The summed E-state index contributed by atoms with van der Waals surface area (Å²) in [6.07, 6.45) is 4.12. The summed E-state index contributed by atoms with van der Waals surface area (Å²) in [4.78, 5) is 14.4. The molecule has 0 bridgehead atoms. The van der Waals surface area contributed by atoms with E-state index in [0.29, 0.717) is 18.1 Å². The number of benzene rings is 2. The first-order valence-electron chi connectivity index (χ1n) is 10.8. The first-order valence-corrected chi connectivity index (χ1v) is 10.8. The number of nitrogens with zero attached hydrogens (tertiary/aromatic N) is 2. The van der Waals surface area contributed by atoms with Crippen molar-refractivity contribution in [2.24, 2.45) is 0 Å². The minimum Gasteiger partial charge on any atom is -0.465 e. The molecule has 1 saturated heterocycles. The second-order valence-electron chi connectivity index (χ2n) is 7.95. The largest absolute Gasteiger partial charge is 0.465 e. The number of H-pyrrole nitrogens is 1. The smallest absolute Gasteiger partial charge is 0.337 e. The van der Waals surface area contributed by atoms with Crippen LogP contribution in [0.25, 0.3) is 11.1 Å². The van der Waals surface area contributed by atoms with Crippen molar-refractivity contribution in [3.05, 3.63) is 77.6 Å². The molecule has 1 aromatic heterocycles. The number of piperidine rings is 1. The number of esters is 1. The Morgan fingerprint density at radius 1 is 1.19 bits per heavy atom. The number of likely N-dealkylation sites (tertiary alicyclic amines) is 1. The number of carbonyl (C=O) groups is 1. The lowest BCUT2D eigenvalue weighted by molar-refractivity contribution is 0.0601. The van der Waals surface area contributed by atoms with E-state index in [2.05, 4.69) is 27.2 Å². The van der Waals surface area contributed by atoms with Gasteiger partial charge in [-0.3, -0.25) is 5.10 Å². The third-order valence-electron chi connectivity index (χ3n) is 5.84. The van der Waals surface area contributed by atoms with Crippen molar-refractivity contribution in [1.29, 1.82) is 0 Å². The van der Waals surface area contributed by atoms with Crippen LogP contribution in [0.2, 0.25) is 0 Å². The summed E-state index contributed by atoms with van der Waals surface area (Å²) in [6.45, 7) is 4.36. The van der Waals surface area contributed by atoms with E-state index in [4.69, 9.17) is 9.47 Å². The van der Waals surface area contributed by atoms with Gasteiger partial charge in [0.05, 0.1) is 32.1 Å². The van der Waals surface area contributed by atoms with Gasteiger partial charge in [-0.05, 0) is 42.6 Å². The molecular weight excluding hydrogens is 390 g/mol. The van der Waals surface area contributed by atoms with Crippen LogP contribution < -0.4 is 0 Å². The Morgan fingerprint density at radius 2 is 2.06 bits per heavy atom. The fourth-order valence-corrected chi connectivity index (χ4v) is 4.22. The van der Waals surface area contributed by atoms with Crippen molar-refractivity contribution in [3.63, 3.8) is 0 Å².